The fourth-order valence-corrected chi connectivity index (χ4v) is 3.27. The van der Waals surface area contributed by atoms with Gasteiger partial charge in [-0.15, -0.1) is 0 Å². The lowest BCUT2D eigenvalue weighted by atomic mass is 9.73. The lowest BCUT2D eigenvalue weighted by Crippen LogP contribution is -2.45. The Hall–Kier alpha value is -0.570. The zero-order valence-corrected chi connectivity index (χ0v) is 10.9. The van der Waals surface area contributed by atoms with Crippen LogP contribution < -0.4 is 5.32 Å². The summed E-state index contributed by atoms with van der Waals surface area (Å²) in [6, 6.07) is 0.569. The van der Waals surface area contributed by atoms with Gasteiger partial charge in [0.25, 0.3) is 0 Å². The van der Waals surface area contributed by atoms with Crippen LogP contribution in [0, 0.1) is 11.8 Å². The molecule has 3 nitrogen and oxygen atoms in total. The Kier molecular flexibility index (Phi) is 4.84. The van der Waals surface area contributed by atoms with E-state index in [1.165, 1.54) is 38.6 Å². The number of nitrogens with one attached hydrogen (secondary N) is 1. The molecule has 0 bridgehead atoms. The van der Waals surface area contributed by atoms with E-state index in [-0.39, 0.29) is 5.97 Å². The van der Waals surface area contributed by atoms with Crippen LogP contribution in [0.4, 0.5) is 0 Å². The highest BCUT2D eigenvalue weighted by molar-refractivity contribution is 5.68. The summed E-state index contributed by atoms with van der Waals surface area (Å²) >= 11 is 0. The predicted octanol–water partition coefficient (Wildman–Crippen LogP) is 2.50. The Morgan fingerprint density at radius 3 is 2.82 bits per heavy atom. The molecule has 1 saturated heterocycles. The van der Waals surface area contributed by atoms with Gasteiger partial charge in [-0.05, 0) is 37.6 Å². The van der Waals surface area contributed by atoms with Crippen molar-refractivity contribution in [2.45, 2.75) is 57.9 Å². The van der Waals surface area contributed by atoms with Crippen LogP contribution in [-0.2, 0) is 9.53 Å². The molecule has 0 aromatic rings. The van der Waals surface area contributed by atoms with Gasteiger partial charge in [0, 0.05) is 12.5 Å². The largest absolute Gasteiger partial charge is 0.466 e. The minimum Gasteiger partial charge on any atom is -0.466 e. The van der Waals surface area contributed by atoms with Crippen molar-refractivity contribution in [1.82, 2.24) is 5.32 Å². The normalized spacial score (nSPS) is 32.9. The topological polar surface area (TPSA) is 38.3 Å². The zero-order valence-electron chi connectivity index (χ0n) is 10.9. The van der Waals surface area contributed by atoms with Crippen LogP contribution in [0.2, 0.25) is 0 Å². The van der Waals surface area contributed by atoms with Gasteiger partial charge in [0.05, 0.1) is 6.61 Å². The molecule has 17 heavy (non-hydrogen) atoms. The third-order valence-corrected chi connectivity index (χ3v) is 4.34. The molecule has 2 aliphatic rings. The highest BCUT2D eigenvalue weighted by Crippen LogP contribution is 2.35. The van der Waals surface area contributed by atoms with Crippen molar-refractivity contribution in [2.24, 2.45) is 11.8 Å². The van der Waals surface area contributed by atoms with Crippen molar-refractivity contribution in [3.05, 3.63) is 0 Å². The van der Waals surface area contributed by atoms with E-state index in [9.17, 15) is 4.79 Å². The number of carbonyl (C=O) groups excluding carboxylic acids is 1. The van der Waals surface area contributed by atoms with E-state index in [0.717, 1.165) is 18.3 Å². The molecule has 0 aromatic heterocycles. The number of hydrogen-bond donors (Lipinski definition) is 1. The molecule has 1 aliphatic carbocycles. The molecule has 3 heteroatoms. The second-order valence-electron chi connectivity index (χ2n) is 5.51. The number of piperidine rings is 1. The van der Waals surface area contributed by atoms with Crippen LogP contribution in [0.5, 0.6) is 0 Å². The van der Waals surface area contributed by atoms with Crippen molar-refractivity contribution in [3.8, 4) is 0 Å². The Morgan fingerprint density at radius 1 is 1.29 bits per heavy atom. The Balaban J connectivity index is 1.67. The van der Waals surface area contributed by atoms with Crippen LogP contribution in [0.15, 0.2) is 0 Å². The van der Waals surface area contributed by atoms with Gasteiger partial charge in [-0.25, -0.2) is 0 Å². The van der Waals surface area contributed by atoms with E-state index in [1.807, 2.05) is 6.92 Å². The first-order valence-electron chi connectivity index (χ1n) is 7.18. The molecule has 1 heterocycles. The Labute approximate surface area is 104 Å². The van der Waals surface area contributed by atoms with Crippen molar-refractivity contribution in [2.75, 3.05) is 13.2 Å². The maximum Gasteiger partial charge on any atom is 0.305 e. The molecule has 98 valence electrons. The molecule has 1 N–H and O–H groups in total. The van der Waals surface area contributed by atoms with E-state index >= 15 is 0 Å². The van der Waals surface area contributed by atoms with Gasteiger partial charge in [-0.2, -0.15) is 0 Å². The number of hydrogen-bond acceptors (Lipinski definition) is 3. The number of ether oxygens (including phenoxy) is 1. The lowest BCUT2D eigenvalue weighted by Gasteiger charge is -2.40. The highest BCUT2D eigenvalue weighted by atomic mass is 16.5. The molecule has 2 fully saturated rings. The first-order valence-corrected chi connectivity index (χ1v) is 7.18. The summed E-state index contributed by atoms with van der Waals surface area (Å²) in [5.41, 5.74) is 0. The molecule has 1 aliphatic heterocycles. The van der Waals surface area contributed by atoms with Crippen molar-refractivity contribution >= 4 is 5.97 Å². The van der Waals surface area contributed by atoms with E-state index in [4.69, 9.17) is 4.74 Å². The first-order chi connectivity index (χ1) is 8.29. The molecule has 0 aromatic carbocycles. The lowest BCUT2D eigenvalue weighted by molar-refractivity contribution is -0.143. The number of fused-ring (bicyclic) bond motifs is 1. The summed E-state index contributed by atoms with van der Waals surface area (Å²) in [5, 5.41) is 3.62. The van der Waals surface area contributed by atoms with Crippen LogP contribution >= 0.6 is 0 Å². The monoisotopic (exact) mass is 239 g/mol. The van der Waals surface area contributed by atoms with Gasteiger partial charge >= 0.3 is 5.97 Å². The molecule has 0 amide bonds. The average Bonchev–Trinajstić information content (AvgIpc) is 2.38. The summed E-state index contributed by atoms with van der Waals surface area (Å²) in [7, 11) is 0. The predicted molar refractivity (Wildman–Crippen MR) is 67.7 cm³/mol. The van der Waals surface area contributed by atoms with E-state index < -0.39 is 0 Å². The van der Waals surface area contributed by atoms with Gasteiger partial charge in [0.2, 0.25) is 0 Å². The fraction of sp³-hybridized carbons (Fsp3) is 0.929. The third kappa shape index (κ3) is 3.70. The van der Waals surface area contributed by atoms with Crippen molar-refractivity contribution < 1.29 is 9.53 Å². The molecule has 3 unspecified atom stereocenters. The van der Waals surface area contributed by atoms with Crippen molar-refractivity contribution in [1.29, 1.82) is 0 Å². The smallest absolute Gasteiger partial charge is 0.305 e. The molecular weight excluding hydrogens is 214 g/mol. The van der Waals surface area contributed by atoms with E-state index in [2.05, 4.69) is 5.32 Å². The van der Waals surface area contributed by atoms with Gasteiger partial charge in [-0.3, -0.25) is 4.79 Å². The number of carbonyl (C=O) groups is 1. The fourth-order valence-electron chi connectivity index (χ4n) is 3.27. The SMILES string of the molecule is CCC(=O)OCCC1CC2CCCCC2CN1. The quantitative estimate of drug-likeness (QED) is 0.766. The molecule has 1 saturated carbocycles. The van der Waals surface area contributed by atoms with Crippen molar-refractivity contribution in [3.63, 3.8) is 0 Å². The standard InChI is InChI=1S/C14H25NO2/c1-2-14(16)17-8-7-13-9-11-5-3-4-6-12(11)10-15-13/h11-13,15H,2-10H2,1H3. The summed E-state index contributed by atoms with van der Waals surface area (Å²) < 4.78 is 5.15. The zero-order chi connectivity index (χ0) is 12.1. The van der Waals surface area contributed by atoms with Crippen LogP contribution in [0.25, 0.3) is 0 Å². The van der Waals surface area contributed by atoms with Gasteiger partial charge in [-0.1, -0.05) is 26.2 Å². The van der Waals surface area contributed by atoms with Crippen LogP contribution in [0.1, 0.15) is 51.9 Å². The highest BCUT2D eigenvalue weighted by Gasteiger charge is 2.31. The van der Waals surface area contributed by atoms with Crippen LogP contribution in [-0.4, -0.2) is 25.2 Å². The number of rotatable bonds is 4. The molecule has 2 rings (SSSR count). The van der Waals surface area contributed by atoms with Gasteiger partial charge < -0.3 is 10.1 Å². The van der Waals surface area contributed by atoms with Crippen LogP contribution in [0.3, 0.4) is 0 Å². The molecule has 0 spiro atoms. The maximum absolute atomic E-state index is 11.0. The summed E-state index contributed by atoms with van der Waals surface area (Å²) in [6.07, 6.45) is 8.42. The minimum atomic E-state index is -0.0728. The summed E-state index contributed by atoms with van der Waals surface area (Å²) in [4.78, 5) is 11.0. The maximum atomic E-state index is 11.0. The second kappa shape index (κ2) is 6.39. The third-order valence-electron chi connectivity index (χ3n) is 4.34. The van der Waals surface area contributed by atoms with Gasteiger partial charge in [0.15, 0.2) is 0 Å². The molecule has 3 atom stereocenters. The van der Waals surface area contributed by atoms with Gasteiger partial charge in [0.1, 0.15) is 0 Å². The molecule has 0 radical (unpaired) electrons. The summed E-state index contributed by atoms with van der Waals surface area (Å²) in [6.45, 7) is 3.60. The second-order valence-corrected chi connectivity index (χ2v) is 5.51. The Bertz CT molecular complexity index is 255. The Morgan fingerprint density at radius 2 is 2.06 bits per heavy atom. The molecular formula is C14H25NO2. The minimum absolute atomic E-state index is 0.0728. The summed E-state index contributed by atoms with van der Waals surface area (Å²) in [5.74, 6) is 1.77. The first kappa shape index (κ1) is 12.9. The van der Waals surface area contributed by atoms with E-state index in [0.29, 0.717) is 19.1 Å². The average molecular weight is 239 g/mol. The number of esters is 1. The van der Waals surface area contributed by atoms with E-state index in [1.54, 1.807) is 0 Å².